The van der Waals surface area contributed by atoms with Crippen LogP contribution in [-0.2, 0) is 0 Å². The number of non-ortho nitro benzene ring substituents is 1. The number of rotatable bonds is 4. The summed E-state index contributed by atoms with van der Waals surface area (Å²) in [5, 5.41) is 15.6. The Balaban J connectivity index is 2.19. The van der Waals surface area contributed by atoms with Crippen LogP contribution >= 0.6 is 11.6 Å². The largest absolute Gasteiger partial charge is 0.278 e. The lowest BCUT2D eigenvalue weighted by Gasteiger charge is -2.05. The number of hydrogen-bond donors (Lipinski definition) is 1. The van der Waals surface area contributed by atoms with Crippen molar-refractivity contribution in [2.24, 2.45) is 5.10 Å². The van der Waals surface area contributed by atoms with E-state index in [4.69, 9.17) is 11.6 Å². The van der Waals surface area contributed by atoms with E-state index in [1.807, 2.05) is 19.1 Å². The molecule has 0 unspecified atom stereocenters. The van der Waals surface area contributed by atoms with Crippen molar-refractivity contribution >= 4 is 28.7 Å². The monoisotopic (exact) mass is 303 g/mol. The van der Waals surface area contributed by atoms with E-state index in [1.54, 1.807) is 25.1 Å². The number of nitrogens with one attached hydrogen (secondary N) is 1. The van der Waals surface area contributed by atoms with Crippen molar-refractivity contribution in [1.82, 2.24) is 0 Å². The minimum absolute atomic E-state index is 0.0421. The van der Waals surface area contributed by atoms with E-state index >= 15 is 0 Å². The molecule has 0 aliphatic carbocycles. The van der Waals surface area contributed by atoms with Crippen LogP contribution in [0.25, 0.3) is 0 Å². The summed E-state index contributed by atoms with van der Waals surface area (Å²) in [6.45, 7) is 3.70. The molecule has 2 rings (SSSR count). The number of benzene rings is 2. The van der Waals surface area contributed by atoms with E-state index in [0.29, 0.717) is 16.3 Å². The first-order chi connectivity index (χ1) is 9.97. The number of hydrazone groups is 1. The first-order valence-electron chi connectivity index (χ1n) is 6.28. The zero-order chi connectivity index (χ0) is 15.4. The predicted octanol–water partition coefficient (Wildman–Crippen LogP) is 4.39. The number of anilines is 1. The van der Waals surface area contributed by atoms with Crippen LogP contribution in [0.5, 0.6) is 0 Å². The van der Waals surface area contributed by atoms with Crippen LogP contribution in [0.15, 0.2) is 47.6 Å². The second-order valence-electron chi connectivity index (χ2n) is 4.58. The van der Waals surface area contributed by atoms with Crippen molar-refractivity contribution in [1.29, 1.82) is 0 Å². The van der Waals surface area contributed by atoms with Crippen molar-refractivity contribution in [3.63, 3.8) is 0 Å². The van der Waals surface area contributed by atoms with E-state index in [-0.39, 0.29) is 5.69 Å². The van der Waals surface area contributed by atoms with Gasteiger partial charge in [0.1, 0.15) is 0 Å². The van der Waals surface area contributed by atoms with Gasteiger partial charge in [0.25, 0.3) is 5.69 Å². The van der Waals surface area contributed by atoms with Crippen LogP contribution < -0.4 is 5.43 Å². The van der Waals surface area contributed by atoms with Crippen LogP contribution in [0.3, 0.4) is 0 Å². The van der Waals surface area contributed by atoms with Crippen LogP contribution in [-0.4, -0.2) is 10.6 Å². The normalized spacial score (nSPS) is 11.3. The van der Waals surface area contributed by atoms with Gasteiger partial charge < -0.3 is 0 Å². The highest BCUT2D eigenvalue weighted by molar-refractivity contribution is 6.31. The fourth-order valence-corrected chi connectivity index (χ4v) is 1.90. The number of nitro benzene ring substituents is 1. The summed E-state index contributed by atoms with van der Waals surface area (Å²) in [5.41, 5.74) is 6.02. The molecule has 0 aliphatic rings. The summed E-state index contributed by atoms with van der Waals surface area (Å²) in [5.74, 6) is 0. The molecule has 1 N–H and O–H groups in total. The Morgan fingerprint density at radius 1 is 1.29 bits per heavy atom. The molecule has 0 bridgehead atoms. The summed E-state index contributed by atoms with van der Waals surface area (Å²) < 4.78 is 0. The Hall–Kier alpha value is -2.40. The average molecular weight is 304 g/mol. The van der Waals surface area contributed by atoms with Crippen molar-refractivity contribution in [2.75, 3.05) is 5.43 Å². The summed E-state index contributed by atoms with van der Waals surface area (Å²) in [7, 11) is 0. The topological polar surface area (TPSA) is 67.5 Å². The van der Waals surface area contributed by atoms with Gasteiger partial charge in [-0.2, -0.15) is 5.10 Å². The third-order valence-corrected chi connectivity index (χ3v) is 3.41. The van der Waals surface area contributed by atoms with Crippen LogP contribution in [0.1, 0.15) is 18.1 Å². The first kappa shape index (κ1) is 15.0. The number of aryl methyl sites for hydroxylation is 1. The van der Waals surface area contributed by atoms with Crippen molar-refractivity contribution in [3.8, 4) is 0 Å². The molecule has 6 heteroatoms. The Labute approximate surface area is 127 Å². The van der Waals surface area contributed by atoms with E-state index in [9.17, 15) is 10.1 Å². The zero-order valence-electron chi connectivity index (χ0n) is 11.6. The van der Waals surface area contributed by atoms with Crippen LogP contribution in [0, 0.1) is 17.0 Å². The maximum atomic E-state index is 10.8. The highest BCUT2D eigenvalue weighted by Gasteiger charge is 2.07. The molecule has 108 valence electrons. The van der Waals surface area contributed by atoms with Gasteiger partial charge in [-0.05, 0) is 31.5 Å². The molecule has 2 aromatic carbocycles. The fraction of sp³-hybridized carbons (Fsp3) is 0.133. The summed E-state index contributed by atoms with van der Waals surface area (Å²) in [6, 6.07) is 11.9. The molecule has 0 heterocycles. The van der Waals surface area contributed by atoms with E-state index in [2.05, 4.69) is 10.5 Å². The molecular formula is C15H14ClN3O2. The lowest BCUT2D eigenvalue weighted by molar-refractivity contribution is -0.384. The molecule has 0 atom stereocenters. The minimum atomic E-state index is -0.427. The van der Waals surface area contributed by atoms with Gasteiger partial charge in [-0.25, -0.2) is 0 Å². The number of halogens is 1. The highest BCUT2D eigenvalue weighted by atomic mass is 35.5. The van der Waals surface area contributed by atoms with Gasteiger partial charge in [0.2, 0.25) is 0 Å². The number of hydrogen-bond acceptors (Lipinski definition) is 4. The molecule has 0 spiro atoms. The number of nitro groups is 1. The van der Waals surface area contributed by atoms with Gasteiger partial charge in [-0.15, -0.1) is 0 Å². The van der Waals surface area contributed by atoms with Gasteiger partial charge in [-0.3, -0.25) is 15.5 Å². The maximum Gasteiger partial charge on any atom is 0.270 e. The van der Waals surface area contributed by atoms with Gasteiger partial charge in [0.05, 0.1) is 16.3 Å². The molecule has 0 saturated carbocycles. The minimum Gasteiger partial charge on any atom is -0.278 e. The van der Waals surface area contributed by atoms with Crippen LogP contribution in [0.4, 0.5) is 11.4 Å². The summed E-state index contributed by atoms with van der Waals surface area (Å²) >= 11 is 6.04. The summed E-state index contributed by atoms with van der Waals surface area (Å²) in [6.07, 6.45) is 0. The van der Waals surface area contributed by atoms with E-state index in [1.165, 1.54) is 12.1 Å². The fourth-order valence-electron chi connectivity index (χ4n) is 1.72. The third-order valence-electron chi connectivity index (χ3n) is 3.00. The molecule has 0 aromatic heterocycles. The smallest absolute Gasteiger partial charge is 0.270 e. The molecule has 0 fully saturated rings. The second kappa shape index (κ2) is 6.37. The van der Waals surface area contributed by atoms with E-state index in [0.717, 1.165) is 11.3 Å². The zero-order valence-corrected chi connectivity index (χ0v) is 12.4. The lowest BCUT2D eigenvalue weighted by Crippen LogP contribution is -2.00. The first-order valence-corrected chi connectivity index (χ1v) is 6.66. The Kier molecular flexibility index (Phi) is 4.55. The average Bonchev–Trinajstić information content (AvgIpc) is 2.48. The van der Waals surface area contributed by atoms with Gasteiger partial charge in [0, 0.05) is 22.7 Å². The standard InChI is InChI=1S/C15H14ClN3O2/c1-10-6-7-13(9-15(10)16)18-17-11(2)12-4-3-5-14(8-12)19(20)21/h3-9,18H,1-2H3/b17-11-. The predicted molar refractivity (Wildman–Crippen MR) is 85.1 cm³/mol. The molecule has 0 aliphatic heterocycles. The summed E-state index contributed by atoms with van der Waals surface area (Å²) in [4.78, 5) is 10.3. The highest BCUT2D eigenvalue weighted by Crippen LogP contribution is 2.20. The van der Waals surface area contributed by atoms with E-state index < -0.39 is 4.92 Å². The molecule has 21 heavy (non-hydrogen) atoms. The molecule has 0 amide bonds. The van der Waals surface area contributed by atoms with Gasteiger partial charge in [-0.1, -0.05) is 29.8 Å². The Morgan fingerprint density at radius 3 is 2.71 bits per heavy atom. The quantitative estimate of drug-likeness (QED) is 0.517. The molecule has 0 saturated heterocycles. The molecule has 2 aromatic rings. The Morgan fingerprint density at radius 2 is 2.05 bits per heavy atom. The van der Waals surface area contributed by atoms with Crippen LogP contribution in [0.2, 0.25) is 5.02 Å². The lowest BCUT2D eigenvalue weighted by atomic mass is 10.1. The molecule has 0 radical (unpaired) electrons. The van der Waals surface area contributed by atoms with Crippen molar-refractivity contribution < 1.29 is 4.92 Å². The Bertz CT molecular complexity index is 714. The van der Waals surface area contributed by atoms with Crippen molar-refractivity contribution in [3.05, 3.63) is 68.7 Å². The third kappa shape index (κ3) is 3.79. The second-order valence-corrected chi connectivity index (χ2v) is 4.99. The van der Waals surface area contributed by atoms with Crippen molar-refractivity contribution in [2.45, 2.75) is 13.8 Å². The molecular weight excluding hydrogens is 290 g/mol. The van der Waals surface area contributed by atoms with Gasteiger partial charge in [0.15, 0.2) is 0 Å². The molecule has 5 nitrogen and oxygen atoms in total. The SMILES string of the molecule is C/C(=N/Nc1ccc(C)c(Cl)c1)c1cccc([N+](=O)[O-])c1. The van der Waals surface area contributed by atoms with Gasteiger partial charge >= 0.3 is 0 Å². The number of nitrogens with zero attached hydrogens (tertiary/aromatic N) is 2. The maximum absolute atomic E-state index is 10.8.